The number of hydrogen-bond acceptors (Lipinski definition) is 4. The lowest BCUT2D eigenvalue weighted by Crippen LogP contribution is -2.51. The molecule has 1 aliphatic heterocycles. The summed E-state index contributed by atoms with van der Waals surface area (Å²) in [6, 6.07) is 12.8. The number of piperazine rings is 1. The molecule has 1 atom stereocenters. The number of benzene rings is 1. The molecule has 1 aromatic carbocycles. The molecule has 21 heavy (non-hydrogen) atoms. The van der Waals surface area contributed by atoms with Crippen molar-refractivity contribution in [2.75, 3.05) is 31.6 Å². The Balaban J connectivity index is 2.01. The first-order valence-electron chi connectivity index (χ1n) is 7.48. The number of para-hydroxylation sites is 1. The Kier molecular flexibility index (Phi) is 3.76. The Bertz CT molecular complexity index is 689. The molecule has 1 aromatic heterocycles. The molecule has 0 aliphatic carbocycles. The first-order valence-corrected chi connectivity index (χ1v) is 7.48. The summed E-state index contributed by atoms with van der Waals surface area (Å²) in [4.78, 5) is 9.40. The maximum absolute atomic E-state index is 9.46. The van der Waals surface area contributed by atoms with Gasteiger partial charge in [0.15, 0.2) is 0 Å². The highest BCUT2D eigenvalue weighted by atomic mass is 15.3. The van der Waals surface area contributed by atoms with E-state index in [-0.39, 0.29) is 0 Å². The Morgan fingerprint density at radius 2 is 2.14 bits per heavy atom. The van der Waals surface area contributed by atoms with Crippen LogP contribution in [0.4, 0.5) is 5.82 Å². The lowest BCUT2D eigenvalue weighted by molar-refractivity contribution is 0.213. The fourth-order valence-electron chi connectivity index (χ4n) is 3.01. The zero-order valence-corrected chi connectivity index (χ0v) is 12.6. The van der Waals surface area contributed by atoms with Gasteiger partial charge in [-0.2, -0.15) is 5.26 Å². The molecule has 1 fully saturated rings. The Labute approximate surface area is 125 Å². The normalized spacial score (nSPS) is 19.7. The summed E-state index contributed by atoms with van der Waals surface area (Å²) in [7, 11) is 2.17. The molecule has 1 unspecified atom stereocenters. The van der Waals surface area contributed by atoms with Crippen molar-refractivity contribution in [2.24, 2.45) is 0 Å². The highest BCUT2D eigenvalue weighted by molar-refractivity contribution is 5.83. The van der Waals surface area contributed by atoms with Crippen LogP contribution in [0.15, 0.2) is 30.3 Å². The second-order valence-corrected chi connectivity index (χ2v) is 5.65. The third-order valence-corrected chi connectivity index (χ3v) is 4.37. The maximum atomic E-state index is 9.46. The molecule has 0 radical (unpaired) electrons. The monoisotopic (exact) mass is 280 g/mol. The number of aromatic nitrogens is 1. The third-order valence-electron chi connectivity index (χ3n) is 4.37. The number of pyridine rings is 1. The van der Waals surface area contributed by atoms with Crippen LogP contribution in [0.2, 0.25) is 0 Å². The van der Waals surface area contributed by atoms with Crippen LogP contribution >= 0.6 is 0 Å². The first kappa shape index (κ1) is 13.8. The minimum atomic E-state index is 0.526. The van der Waals surface area contributed by atoms with Gasteiger partial charge in [-0.15, -0.1) is 0 Å². The SMILES string of the molecule is CCC1CN(c2nc3ccccc3cc2C#N)CCN1C. The van der Waals surface area contributed by atoms with Gasteiger partial charge in [0, 0.05) is 31.1 Å². The van der Waals surface area contributed by atoms with Gasteiger partial charge in [-0.05, 0) is 25.6 Å². The predicted molar refractivity (Wildman–Crippen MR) is 85.4 cm³/mol. The van der Waals surface area contributed by atoms with Crippen molar-refractivity contribution in [1.82, 2.24) is 9.88 Å². The number of fused-ring (bicyclic) bond motifs is 1. The lowest BCUT2D eigenvalue weighted by Gasteiger charge is -2.40. The van der Waals surface area contributed by atoms with Crippen LogP contribution in [-0.2, 0) is 0 Å². The molecule has 1 aliphatic rings. The van der Waals surface area contributed by atoms with E-state index >= 15 is 0 Å². The standard InChI is InChI=1S/C17H20N4/c1-3-15-12-21(9-8-20(15)2)17-14(11-18)10-13-6-4-5-7-16(13)19-17/h4-7,10,15H,3,8-9,12H2,1-2H3. The molecule has 0 amide bonds. The molecule has 108 valence electrons. The van der Waals surface area contributed by atoms with Gasteiger partial charge in [0.1, 0.15) is 11.9 Å². The molecule has 0 saturated carbocycles. The Hall–Kier alpha value is -2.12. The zero-order valence-electron chi connectivity index (χ0n) is 12.6. The van der Waals surface area contributed by atoms with Gasteiger partial charge in [0.2, 0.25) is 0 Å². The number of nitrogens with zero attached hydrogens (tertiary/aromatic N) is 4. The molecule has 3 rings (SSSR count). The van der Waals surface area contributed by atoms with Crippen molar-refractivity contribution in [2.45, 2.75) is 19.4 Å². The fourth-order valence-corrected chi connectivity index (χ4v) is 3.01. The van der Waals surface area contributed by atoms with E-state index in [2.05, 4.69) is 29.8 Å². The van der Waals surface area contributed by atoms with E-state index in [9.17, 15) is 5.26 Å². The molecule has 2 aromatic rings. The molecular weight excluding hydrogens is 260 g/mol. The van der Waals surface area contributed by atoms with Gasteiger partial charge >= 0.3 is 0 Å². The van der Waals surface area contributed by atoms with Crippen molar-refractivity contribution < 1.29 is 0 Å². The van der Waals surface area contributed by atoms with Gasteiger partial charge < -0.3 is 4.90 Å². The number of likely N-dealkylation sites (N-methyl/N-ethyl adjacent to an activating group) is 1. The highest BCUT2D eigenvalue weighted by Crippen LogP contribution is 2.25. The molecule has 0 N–H and O–H groups in total. The maximum Gasteiger partial charge on any atom is 0.147 e. The smallest absolute Gasteiger partial charge is 0.147 e. The third kappa shape index (κ3) is 2.57. The zero-order chi connectivity index (χ0) is 14.8. The average Bonchev–Trinajstić information content (AvgIpc) is 2.54. The average molecular weight is 280 g/mol. The Morgan fingerprint density at radius 1 is 1.33 bits per heavy atom. The second kappa shape index (κ2) is 5.71. The second-order valence-electron chi connectivity index (χ2n) is 5.65. The number of nitriles is 1. The summed E-state index contributed by atoms with van der Waals surface area (Å²) in [6.07, 6.45) is 1.11. The summed E-state index contributed by atoms with van der Waals surface area (Å²) in [5, 5.41) is 10.5. The van der Waals surface area contributed by atoms with E-state index in [4.69, 9.17) is 4.98 Å². The van der Waals surface area contributed by atoms with Crippen LogP contribution < -0.4 is 4.90 Å². The van der Waals surface area contributed by atoms with Crippen molar-refractivity contribution >= 4 is 16.7 Å². The van der Waals surface area contributed by atoms with Crippen LogP contribution in [-0.4, -0.2) is 42.6 Å². The Morgan fingerprint density at radius 3 is 2.90 bits per heavy atom. The molecule has 4 heteroatoms. The minimum absolute atomic E-state index is 0.526. The summed E-state index contributed by atoms with van der Waals surface area (Å²) in [6.45, 7) is 5.08. The molecule has 2 heterocycles. The molecule has 1 saturated heterocycles. The van der Waals surface area contributed by atoms with Crippen molar-refractivity contribution in [3.05, 3.63) is 35.9 Å². The van der Waals surface area contributed by atoms with E-state index in [1.54, 1.807) is 0 Å². The van der Waals surface area contributed by atoms with Gasteiger partial charge in [-0.25, -0.2) is 4.98 Å². The van der Waals surface area contributed by atoms with Crippen LogP contribution in [0.3, 0.4) is 0 Å². The molecule has 0 spiro atoms. The fraction of sp³-hybridized carbons (Fsp3) is 0.412. The largest absolute Gasteiger partial charge is 0.353 e. The van der Waals surface area contributed by atoms with E-state index in [0.29, 0.717) is 11.6 Å². The number of rotatable bonds is 2. The van der Waals surface area contributed by atoms with Crippen molar-refractivity contribution in [1.29, 1.82) is 5.26 Å². The number of anilines is 1. The van der Waals surface area contributed by atoms with Crippen molar-refractivity contribution in [3.8, 4) is 6.07 Å². The van der Waals surface area contributed by atoms with Crippen LogP contribution in [0.1, 0.15) is 18.9 Å². The topological polar surface area (TPSA) is 43.2 Å². The van der Waals surface area contributed by atoms with Gasteiger partial charge in [-0.3, -0.25) is 4.90 Å². The van der Waals surface area contributed by atoms with Crippen LogP contribution in [0.5, 0.6) is 0 Å². The van der Waals surface area contributed by atoms with E-state index in [0.717, 1.165) is 42.8 Å². The van der Waals surface area contributed by atoms with Gasteiger partial charge in [0.25, 0.3) is 0 Å². The van der Waals surface area contributed by atoms with Crippen LogP contribution in [0, 0.1) is 11.3 Å². The quantitative estimate of drug-likeness (QED) is 0.848. The first-order chi connectivity index (χ1) is 10.2. The molecule has 0 bridgehead atoms. The van der Waals surface area contributed by atoms with E-state index < -0.39 is 0 Å². The number of hydrogen-bond donors (Lipinski definition) is 0. The van der Waals surface area contributed by atoms with Gasteiger partial charge in [0.05, 0.1) is 11.1 Å². The summed E-state index contributed by atoms with van der Waals surface area (Å²) < 4.78 is 0. The minimum Gasteiger partial charge on any atom is -0.353 e. The summed E-state index contributed by atoms with van der Waals surface area (Å²) in [5.41, 5.74) is 1.63. The lowest BCUT2D eigenvalue weighted by atomic mass is 10.1. The van der Waals surface area contributed by atoms with E-state index in [1.165, 1.54) is 0 Å². The van der Waals surface area contributed by atoms with Crippen molar-refractivity contribution in [3.63, 3.8) is 0 Å². The van der Waals surface area contributed by atoms with Crippen LogP contribution in [0.25, 0.3) is 10.9 Å². The predicted octanol–water partition coefficient (Wildman–Crippen LogP) is 2.64. The molecular formula is C17H20N4. The van der Waals surface area contributed by atoms with Gasteiger partial charge in [-0.1, -0.05) is 25.1 Å². The molecule has 4 nitrogen and oxygen atoms in total. The summed E-state index contributed by atoms with van der Waals surface area (Å²) >= 11 is 0. The van der Waals surface area contributed by atoms with E-state index in [1.807, 2.05) is 30.3 Å². The summed E-state index contributed by atoms with van der Waals surface area (Å²) in [5.74, 6) is 0.836. The highest BCUT2D eigenvalue weighted by Gasteiger charge is 2.25.